The molecule has 1 aromatic rings. The Morgan fingerprint density at radius 1 is 1.19 bits per heavy atom. The average molecular weight is 373 g/mol. The first-order valence-corrected chi connectivity index (χ1v) is 10.5. The van der Waals surface area contributed by atoms with E-state index in [2.05, 4.69) is 29.2 Å². The zero-order chi connectivity index (χ0) is 18.9. The van der Waals surface area contributed by atoms with Crippen LogP contribution < -0.4 is 4.74 Å². The van der Waals surface area contributed by atoms with Gasteiger partial charge >= 0.3 is 0 Å². The zero-order valence-electron chi connectivity index (χ0n) is 16.4. The topological polar surface area (TPSA) is 53.0 Å². The highest BCUT2D eigenvalue weighted by atomic mass is 16.5. The van der Waals surface area contributed by atoms with Crippen molar-refractivity contribution in [2.45, 2.75) is 63.7 Å². The number of benzene rings is 1. The average Bonchev–Trinajstić information content (AvgIpc) is 3.16. The number of carbonyl (C=O) groups excluding carboxylic acids is 1. The van der Waals surface area contributed by atoms with Crippen molar-refractivity contribution in [3.63, 3.8) is 0 Å². The number of aliphatic hydroxyl groups is 1. The van der Waals surface area contributed by atoms with E-state index < -0.39 is 5.60 Å². The third kappa shape index (κ3) is 4.14. The molecule has 1 aromatic carbocycles. The maximum absolute atomic E-state index is 11.8. The van der Waals surface area contributed by atoms with Gasteiger partial charge in [-0.25, -0.2) is 0 Å². The van der Waals surface area contributed by atoms with Crippen LogP contribution in [0, 0.1) is 5.92 Å². The molecule has 0 spiro atoms. The Bertz CT molecular complexity index is 673. The van der Waals surface area contributed by atoms with Crippen LogP contribution in [0.25, 0.3) is 0 Å². The summed E-state index contributed by atoms with van der Waals surface area (Å²) in [4.78, 5) is 16.1. The molecule has 1 N–H and O–H groups in total. The minimum absolute atomic E-state index is 0.115. The fraction of sp³-hybridized carbons (Fsp3) is 0.682. The van der Waals surface area contributed by atoms with Crippen LogP contribution in [0.15, 0.2) is 24.3 Å². The van der Waals surface area contributed by atoms with E-state index in [1.807, 2.05) is 4.90 Å². The van der Waals surface area contributed by atoms with Crippen LogP contribution in [0.3, 0.4) is 0 Å². The minimum atomic E-state index is -0.609. The smallest absolute Gasteiger partial charge is 0.219 e. The third-order valence-corrected chi connectivity index (χ3v) is 6.76. The Balaban J connectivity index is 1.42. The predicted octanol–water partition coefficient (Wildman–Crippen LogP) is 2.81. The molecule has 4 rings (SSSR count). The zero-order valence-corrected chi connectivity index (χ0v) is 16.4. The Morgan fingerprint density at radius 3 is 2.70 bits per heavy atom. The van der Waals surface area contributed by atoms with Crippen LogP contribution in [0.4, 0.5) is 0 Å². The maximum atomic E-state index is 11.8. The number of piperidine rings is 2. The molecule has 1 aliphatic carbocycles. The lowest BCUT2D eigenvalue weighted by Crippen LogP contribution is -2.60. The maximum Gasteiger partial charge on any atom is 0.219 e. The molecule has 5 heteroatoms. The van der Waals surface area contributed by atoms with E-state index in [1.54, 1.807) is 6.92 Å². The number of hydrogen-bond donors (Lipinski definition) is 1. The summed E-state index contributed by atoms with van der Waals surface area (Å²) >= 11 is 0. The minimum Gasteiger partial charge on any atom is -0.490 e. The van der Waals surface area contributed by atoms with Gasteiger partial charge in [0.25, 0.3) is 0 Å². The van der Waals surface area contributed by atoms with E-state index in [0.717, 1.165) is 44.6 Å². The molecule has 1 amide bonds. The van der Waals surface area contributed by atoms with E-state index in [0.29, 0.717) is 25.6 Å². The number of nitrogens with zero attached hydrogens (tertiary/aromatic N) is 2. The monoisotopic (exact) mass is 372 g/mol. The second-order valence-electron chi connectivity index (χ2n) is 8.63. The van der Waals surface area contributed by atoms with Crippen LogP contribution in [0.1, 0.15) is 51.0 Å². The lowest BCUT2D eigenvalue weighted by Gasteiger charge is -2.50. The Hall–Kier alpha value is -1.59. The van der Waals surface area contributed by atoms with Gasteiger partial charge < -0.3 is 14.7 Å². The predicted molar refractivity (Wildman–Crippen MR) is 105 cm³/mol. The molecule has 3 aliphatic rings. The fourth-order valence-electron chi connectivity index (χ4n) is 4.98. The normalized spacial score (nSPS) is 29.6. The van der Waals surface area contributed by atoms with Gasteiger partial charge in [-0.3, -0.25) is 9.69 Å². The second kappa shape index (κ2) is 7.80. The molecule has 2 aliphatic heterocycles. The van der Waals surface area contributed by atoms with Crippen molar-refractivity contribution in [3.8, 4) is 5.75 Å². The molecular weight excluding hydrogens is 340 g/mol. The molecule has 2 heterocycles. The summed E-state index contributed by atoms with van der Waals surface area (Å²) in [7, 11) is 0. The van der Waals surface area contributed by atoms with Crippen molar-refractivity contribution >= 4 is 5.91 Å². The van der Waals surface area contributed by atoms with E-state index in [1.165, 1.54) is 18.4 Å². The van der Waals surface area contributed by atoms with Crippen LogP contribution in [-0.4, -0.2) is 58.7 Å². The van der Waals surface area contributed by atoms with Gasteiger partial charge in [0.05, 0.1) is 11.7 Å². The molecule has 0 radical (unpaired) electrons. The van der Waals surface area contributed by atoms with Crippen molar-refractivity contribution in [3.05, 3.63) is 29.8 Å². The van der Waals surface area contributed by atoms with Crippen molar-refractivity contribution in [2.75, 3.05) is 26.2 Å². The van der Waals surface area contributed by atoms with Crippen molar-refractivity contribution in [1.29, 1.82) is 0 Å². The standard InChI is InChI=1S/C22H32N2O3/c1-17(25)24-13-11-22(26)10-12-23(15-19(22)16-24)14-18-6-2-5-9-21(18)27-20-7-3-4-8-20/h2,5-6,9,19-20,26H,3-4,7-8,10-16H2,1H3. The first kappa shape index (κ1) is 18.8. The highest BCUT2D eigenvalue weighted by molar-refractivity contribution is 5.73. The summed E-state index contributed by atoms with van der Waals surface area (Å²) in [5.41, 5.74) is 0.622. The first-order valence-electron chi connectivity index (χ1n) is 10.5. The van der Waals surface area contributed by atoms with Gasteiger partial charge in [0.1, 0.15) is 5.75 Å². The van der Waals surface area contributed by atoms with Crippen molar-refractivity contribution < 1.29 is 14.6 Å². The number of carbonyl (C=O) groups is 1. The number of likely N-dealkylation sites (tertiary alicyclic amines) is 2. The summed E-state index contributed by atoms with van der Waals surface area (Å²) in [6.45, 7) is 5.54. The van der Waals surface area contributed by atoms with Crippen molar-refractivity contribution in [1.82, 2.24) is 9.80 Å². The second-order valence-corrected chi connectivity index (χ2v) is 8.63. The van der Waals surface area contributed by atoms with E-state index in [9.17, 15) is 9.90 Å². The van der Waals surface area contributed by atoms with Crippen LogP contribution >= 0.6 is 0 Å². The van der Waals surface area contributed by atoms with Gasteiger partial charge in [0.2, 0.25) is 5.91 Å². The summed E-state index contributed by atoms with van der Waals surface area (Å²) in [5, 5.41) is 11.0. The number of fused-ring (bicyclic) bond motifs is 1. The van der Waals surface area contributed by atoms with Gasteiger partial charge in [-0.1, -0.05) is 18.2 Å². The highest BCUT2D eigenvalue weighted by Gasteiger charge is 2.45. The summed E-state index contributed by atoms with van der Waals surface area (Å²) in [5.74, 6) is 1.26. The molecule has 1 saturated carbocycles. The summed E-state index contributed by atoms with van der Waals surface area (Å²) in [6.07, 6.45) is 6.71. The van der Waals surface area contributed by atoms with Gasteiger partial charge in [-0.05, 0) is 44.6 Å². The molecule has 0 bridgehead atoms. The summed E-state index contributed by atoms with van der Waals surface area (Å²) < 4.78 is 6.29. The molecule has 3 fully saturated rings. The fourth-order valence-corrected chi connectivity index (χ4v) is 4.98. The number of hydrogen-bond acceptors (Lipinski definition) is 4. The number of ether oxygens (including phenoxy) is 1. The van der Waals surface area contributed by atoms with Crippen LogP contribution in [0.2, 0.25) is 0 Å². The molecular formula is C22H32N2O3. The molecule has 2 saturated heterocycles. The SMILES string of the molecule is CC(=O)N1CCC2(O)CCN(Cc3ccccc3OC3CCCC3)CC2C1. The van der Waals surface area contributed by atoms with Crippen molar-refractivity contribution in [2.24, 2.45) is 5.92 Å². The van der Waals surface area contributed by atoms with E-state index in [4.69, 9.17) is 4.74 Å². The molecule has 5 nitrogen and oxygen atoms in total. The van der Waals surface area contributed by atoms with E-state index in [-0.39, 0.29) is 11.8 Å². The molecule has 0 aromatic heterocycles. The third-order valence-electron chi connectivity index (χ3n) is 6.76. The lowest BCUT2D eigenvalue weighted by atomic mass is 9.75. The van der Waals surface area contributed by atoms with Gasteiger partial charge in [-0.15, -0.1) is 0 Å². The number of para-hydroxylation sites is 1. The van der Waals surface area contributed by atoms with Crippen LogP contribution in [-0.2, 0) is 11.3 Å². The van der Waals surface area contributed by atoms with Gasteiger partial charge in [0.15, 0.2) is 0 Å². The summed E-state index contributed by atoms with van der Waals surface area (Å²) in [6, 6.07) is 8.38. The highest BCUT2D eigenvalue weighted by Crippen LogP contribution is 2.36. The van der Waals surface area contributed by atoms with E-state index >= 15 is 0 Å². The Kier molecular flexibility index (Phi) is 5.42. The molecule has 2 unspecified atom stereocenters. The molecule has 2 atom stereocenters. The quantitative estimate of drug-likeness (QED) is 0.883. The number of amides is 1. The molecule has 148 valence electrons. The molecule has 27 heavy (non-hydrogen) atoms. The van der Waals surface area contributed by atoms with Gasteiger partial charge in [-0.2, -0.15) is 0 Å². The van der Waals surface area contributed by atoms with Gasteiger partial charge in [0, 0.05) is 51.1 Å². The lowest BCUT2D eigenvalue weighted by molar-refractivity contribution is -0.145. The largest absolute Gasteiger partial charge is 0.490 e. The van der Waals surface area contributed by atoms with Crippen LogP contribution in [0.5, 0.6) is 5.75 Å². The Morgan fingerprint density at radius 2 is 1.93 bits per heavy atom. The Labute approximate surface area is 162 Å². The number of rotatable bonds is 4. The first-order chi connectivity index (χ1) is 13.0.